The van der Waals surface area contributed by atoms with Crippen molar-refractivity contribution < 1.29 is 19.5 Å². The summed E-state index contributed by atoms with van der Waals surface area (Å²) in [5.74, 6) is 1.03. The quantitative estimate of drug-likeness (QED) is 0.507. The van der Waals surface area contributed by atoms with Gasteiger partial charge in [-0.25, -0.2) is 4.74 Å². The largest absolute Gasteiger partial charge is 0.624 e. The van der Waals surface area contributed by atoms with Crippen molar-refractivity contribution in [3.63, 3.8) is 0 Å². The molecule has 0 fully saturated rings. The van der Waals surface area contributed by atoms with Gasteiger partial charge < -0.3 is 20.0 Å². The van der Waals surface area contributed by atoms with Gasteiger partial charge in [0.1, 0.15) is 12.8 Å². The van der Waals surface area contributed by atoms with Crippen LogP contribution >= 0.6 is 0 Å². The molecule has 6 nitrogen and oxygen atoms in total. The highest BCUT2D eigenvalue weighted by Gasteiger charge is 2.16. The van der Waals surface area contributed by atoms with Gasteiger partial charge in [-0.1, -0.05) is 12.1 Å². The van der Waals surface area contributed by atoms with Crippen molar-refractivity contribution in [3.05, 3.63) is 58.7 Å². The van der Waals surface area contributed by atoms with Crippen molar-refractivity contribution in [2.75, 3.05) is 14.2 Å². The summed E-state index contributed by atoms with van der Waals surface area (Å²) in [6, 6.07) is 6.71. The van der Waals surface area contributed by atoms with E-state index in [1.807, 2.05) is 0 Å². The molecule has 1 aliphatic rings. The first-order valence-electron chi connectivity index (χ1n) is 6.10. The lowest BCUT2D eigenvalue weighted by Crippen LogP contribution is -3.00. The van der Waals surface area contributed by atoms with E-state index in [1.54, 1.807) is 42.5 Å². The second kappa shape index (κ2) is 6.23. The van der Waals surface area contributed by atoms with Crippen molar-refractivity contribution in [2.24, 2.45) is 0 Å². The van der Waals surface area contributed by atoms with E-state index in [1.165, 1.54) is 14.2 Å². The van der Waals surface area contributed by atoms with Crippen molar-refractivity contribution >= 4 is 11.4 Å². The van der Waals surface area contributed by atoms with Crippen LogP contribution in [0.25, 0.3) is 0 Å². The van der Waals surface area contributed by atoms with E-state index in [2.05, 4.69) is 0 Å². The Morgan fingerprint density at radius 3 is 2.85 bits per heavy atom. The monoisotopic (exact) mass is 276 g/mol. The Hall–Kier alpha value is -2.31. The van der Waals surface area contributed by atoms with E-state index in [4.69, 9.17) is 9.57 Å². The van der Waals surface area contributed by atoms with Crippen LogP contribution in [-0.2, 0) is 4.84 Å². The molecule has 0 spiro atoms. The Balaban J connectivity index is 2.08. The zero-order valence-electron chi connectivity index (χ0n) is 11.3. The van der Waals surface area contributed by atoms with E-state index in [9.17, 15) is 10.4 Å². The molecule has 0 heterocycles. The minimum absolute atomic E-state index is 0.298. The average Bonchev–Trinajstić information content (AvgIpc) is 2.47. The van der Waals surface area contributed by atoms with Crippen LogP contribution in [0.4, 0.5) is 5.69 Å². The van der Waals surface area contributed by atoms with Gasteiger partial charge in [-0.2, -0.15) is 0 Å². The van der Waals surface area contributed by atoms with Crippen LogP contribution in [0, 0.1) is 10.4 Å². The zero-order chi connectivity index (χ0) is 14.5. The lowest BCUT2D eigenvalue weighted by molar-refractivity contribution is -0.987. The van der Waals surface area contributed by atoms with Crippen LogP contribution in [0.5, 0.6) is 5.75 Å². The predicted molar refractivity (Wildman–Crippen MR) is 74.5 cm³/mol. The second-order valence-electron chi connectivity index (χ2n) is 4.28. The summed E-state index contributed by atoms with van der Waals surface area (Å²) in [6.07, 6.45) is 5.34. The molecule has 0 saturated carbocycles. The number of ether oxygens (including phenoxy) is 1. The SMILES string of the molecule is COc1cccc([NH+]([O-])OC2=CC=C/C(=[N+](/C)[O-])C2)c1. The summed E-state index contributed by atoms with van der Waals surface area (Å²) >= 11 is 0. The number of nitrogens with one attached hydrogen (secondary N) is 1. The number of rotatable bonds is 4. The van der Waals surface area contributed by atoms with Crippen molar-refractivity contribution in [2.45, 2.75) is 6.42 Å². The third-order valence-corrected chi connectivity index (χ3v) is 2.86. The van der Waals surface area contributed by atoms with Crippen LogP contribution in [0.1, 0.15) is 6.42 Å². The number of hydrogen-bond acceptors (Lipinski definition) is 4. The number of nitrogens with zero attached hydrogens (tertiary/aromatic N) is 1. The molecule has 0 radical (unpaired) electrons. The molecule has 20 heavy (non-hydrogen) atoms. The molecule has 1 aromatic carbocycles. The molecular formula is C14H16N2O4. The van der Waals surface area contributed by atoms with Crippen LogP contribution < -0.4 is 9.96 Å². The summed E-state index contributed by atoms with van der Waals surface area (Å²) in [5, 5.41) is 22.8. The van der Waals surface area contributed by atoms with E-state index < -0.39 is 5.23 Å². The van der Waals surface area contributed by atoms with Crippen LogP contribution in [-0.4, -0.2) is 24.6 Å². The highest BCUT2D eigenvalue weighted by molar-refractivity contribution is 5.93. The molecule has 1 aliphatic carbocycles. The smallest absolute Gasteiger partial charge is 0.194 e. The molecule has 0 saturated heterocycles. The van der Waals surface area contributed by atoms with E-state index >= 15 is 0 Å². The summed E-state index contributed by atoms with van der Waals surface area (Å²) in [5.41, 5.74) is 0.942. The maximum atomic E-state index is 12.0. The Morgan fingerprint density at radius 2 is 2.15 bits per heavy atom. The van der Waals surface area contributed by atoms with Gasteiger partial charge in [-0.15, -0.1) is 5.23 Å². The molecule has 0 aromatic heterocycles. The number of hydroxylamine groups is 1. The number of methoxy groups -OCH3 is 1. The van der Waals surface area contributed by atoms with Gasteiger partial charge in [0.15, 0.2) is 17.2 Å². The molecule has 1 N–H and O–H groups in total. The highest BCUT2D eigenvalue weighted by Crippen LogP contribution is 2.15. The first kappa shape index (κ1) is 14.1. The molecular weight excluding hydrogens is 260 g/mol. The maximum absolute atomic E-state index is 12.0. The van der Waals surface area contributed by atoms with Crippen molar-refractivity contribution in [1.82, 2.24) is 0 Å². The van der Waals surface area contributed by atoms with Gasteiger partial charge in [0.25, 0.3) is 0 Å². The average molecular weight is 276 g/mol. The third kappa shape index (κ3) is 3.37. The van der Waals surface area contributed by atoms with E-state index in [-0.39, 0.29) is 0 Å². The Morgan fingerprint density at radius 1 is 1.35 bits per heavy atom. The van der Waals surface area contributed by atoms with Gasteiger partial charge in [0.2, 0.25) is 0 Å². The Bertz CT molecular complexity index is 574. The van der Waals surface area contributed by atoms with Crippen LogP contribution in [0.2, 0.25) is 0 Å². The van der Waals surface area contributed by atoms with E-state index in [0.29, 0.717) is 29.3 Å². The summed E-state index contributed by atoms with van der Waals surface area (Å²) in [7, 11) is 2.94. The van der Waals surface area contributed by atoms with Crippen molar-refractivity contribution in [1.29, 1.82) is 0 Å². The lowest BCUT2D eigenvalue weighted by atomic mass is 10.1. The van der Waals surface area contributed by atoms with Gasteiger partial charge in [0, 0.05) is 18.2 Å². The molecule has 1 unspecified atom stereocenters. The molecule has 1 aromatic rings. The lowest BCUT2D eigenvalue weighted by Gasteiger charge is -2.22. The zero-order valence-corrected chi connectivity index (χ0v) is 11.3. The fourth-order valence-corrected chi connectivity index (χ4v) is 1.78. The van der Waals surface area contributed by atoms with Gasteiger partial charge >= 0.3 is 0 Å². The minimum Gasteiger partial charge on any atom is -0.624 e. The van der Waals surface area contributed by atoms with Gasteiger partial charge in [-0.05, 0) is 12.1 Å². The Labute approximate surface area is 117 Å². The maximum Gasteiger partial charge on any atom is 0.194 e. The highest BCUT2D eigenvalue weighted by atomic mass is 16.9. The molecule has 6 heteroatoms. The summed E-state index contributed by atoms with van der Waals surface area (Å²) in [6.45, 7) is 0. The summed E-state index contributed by atoms with van der Waals surface area (Å²) < 4.78 is 5.81. The van der Waals surface area contributed by atoms with Crippen LogP contribution in [0.3, 0.4) is 0 Å². The van der Waals surface area contributed by atoms with E-state index in [0.717, 1.165) is 4.74 Å². The number of hydrogen-bond donors (Lipinski definition) is 1. The molecule has 2 rings (SSSR count). The fourth-order valence-electron chi connectivity index (χ4n) is 1.78. The first-order chi connectivity index (χ1) is 9.60. The standard InChI is InChI=1S/C14H16N2O4/c1-15(17)11-5-3-8-14(9-11)20-16(18)12-6-4-7-13(10-12)19-2/h3-8,10,16H,9H2,1-2H3/b15-11+. The molecule has 0 bridgehead atoms. The molecule has 1 atom stereocenters. The summed E-state index contributed by atoms with van der Waals surface area (Å²) in [4.78, 5) is 5.29. The van der Waals surface area contributed by atoms with Crippen molar-refractivity contribution in [3.8, 4) is 5.75 Å². The normalized spacial score (nSPS) is 18.2. The number of allylic oxidation sites excluding steroid dienone is 4. The fraction of sp³-hybridized carbons (Fsp3) is 0.214. The number of quaternary nitrogens is 1. The predicted octanol–water partition coefficient (Wildman–Crippen LogP) is 1.07. The third-order valence-electron chi connectivity index (χ3n) is 2.86. The first-order valence-corrected chi connectivity index (χ1v) is 6.10. The van der Waals surface area contributed by atoms with Crippen LogP contribution in [0.15, 0.2) is 48.3 Å². The second-order valence-corrected chi connectivity index (χ2v) is 4.28. The Kier molecular flexibility index (Phi) is 4.39. The van der Waals surface area contributed by atoms with Gasteiger partial charge in [0.05, 0.1) is 13.5 Å². The minimum atomic E-state index is -0.474. The molecule has 0 aliphatic heterocycles. The molecule has 106 valence electrons. The number of benzene rings is 1. The molecule has 0 amide bonds. The van der Waals surface area contributed by atoms with Gasteiger partial charge in [-0.3, -0.25) is 0 Å². The topological polar surface area (TPSA) is 72.0 Å².